The molecule has 0 aliphatic rings. The van der Waals surface area contributed by atoms with Crippen molar-refractivity contribution in [2.24, 2.45) is 0 Å². The number of hydrogen-bond acceptors (Lipinski definition) is 1. The van der Waals surface area contributed by atoms with Gasteiger partial charge in [-0.05, 0) is 17.3 Å². The van der Waals surface area contributed by atoms with Crippen molar-refractivity contribution in [1.82, 2.24) is 0 Å². The Bertz CT molecular complexity index is 448. The number of carbonyl (C=O) groups excluding carboxylic acids is 1. The lowest BCUT2D eigenvalue weighted by molar-refractivity contribution is 0.235. The summed E-state index contributed by atoms with van der Waals surface area (Å²) in [5.41, 5.74) is 5.88. The fourth-order valence-electron chi connectivity index (χ4n) is 1.58. The Labute approximate surface area is 101 Å². The van der Waals surface area contributed by atoms with Crippen LogP contribution in [0.5, 0.6) is 0 Å². The lowest BCUT2D eigenvalue weighted by atomic mass is 10.3. The van der Waals surface area contributed by atoms with Crippen LogP contribution in [0.4, 0.5) is 14.9 Å². The summed E-state index contributed by atoms with van der Waals surface area (Å²) in [4.78, 5) is 10.4. The summed E-state index contributed by atoms with van der Waals surface area (Å²) >= 11 is 0. The molecule has 0 unspecified atom stereocenters. The molecule has 17 heavy (non-hydrogen) atoms. The van der Waals surface area contributed by atoms with Crippen molar-refractivity contribution in [2.45, 2.75) is 0 Å². The van der Waals surface area contributed by atoms with Gasteiger partial charge in [-0.25, -0.2) is 4.79 Å². The van der Waals surface area contributed by atoms with E-state index in [1.807, 2.05) is 23.2 Å². The summed E-state index contributed by atoms with van der Waals surface area (Å²) in [6.45, 7) is 11.4. The molecule has 0 aliphatic carbocycles. The molecule has 1 rings (SSSR count). The van der Waals surface area contributed by atoms with Crippen LogP contribution in [0, 0.1) is 0 Å². The SMILES string of the molecule is C=C[Si](C=C)(C=C)c1cccc(NC(=O)F)c1. The molecule has 0 aliphatic heterocycles. The number of anilines is 1. The highest BCUT2D eigenvalue weighted by molar-refractivity contribution is 7.03. The normalized spacial score (nSPS) is 10.4. The van der Waals surface area contributed by atoms with Gasteiger partial charge in [-0.15, -0.1) is 24.1 Å². The van der Waals surface area contributed by atoms with E-state index >= 15 is 0 Å². The topological polar surface area (TPSA) is 29.1 Å². The van der Waals surface area contributed by atoms with Crippen molar-refractivity contribution in [1.29, 1.82) is 0 Å². The third-order valence-corrected chi connectivity index (χ3v) is 5.96. The van der Waals surface area contributed by atoms with Crippen LogP contribution in [0.25, 0.3) is 0 Å². The minimum absolute atomic E-state index is 0.414. The van der Waals surface area contributed by atoms with Crippen molar-refractivity contribution >= 4 is 25.1 Å². The van der Waals surface area contributed by atoms with Crippen LogP contribution in [0.15, 0.2) is 61.1 Å². The second kappa shape index (κ2) is 5.40. The van der Waals surface area contributed by atoms with Crippen LogP contribution in [0.3, 0.4) is 0 Å². The largest absolute Gasteiger partial charge is 0.401 e. The lowest BCUT2D eigenvalue weighted by Gasteiger charge is -2.20. The van der Waals surface area contributed by atoms with Gasteiger partial charge in [-0.1, -0.05) is 29.2 Å². The van der Waals surface area contributed by atoms with Crippen LogP contribution >= 0.6 is 0 Å². The van der Waals surface area contributed by atoms with Crippen LogP contribution in [-0.2, 0) is 0 Å². The number of rotatable bonds is 5. The summed E-state index contributed by atoms with van der Waals surface area (Å²) < 4.78 is 12.3. The van der Waals surface area contributed by atoms with Gasteiger partial charge in [0.25, 0.3) is 0 Å². The summed E-state index contributed by atoms with van der Waals surface area (Å²) in [7, 11) is -2.16. The van der Waals surface area contributed by atoms with E-state index in [0.717, 1.165) is 5.19 Å². The summed E-state index contributed by atoms with van der Waals surface area (Å²) in [5.74, 6) is 0. The molecule has 0 aromatic heterocycles. The molecule has 0 saturated heterocycles. The molecule has 0 heterocycles. The minimum atomic E-state index is -2.16. The maximum Gasteiger partial charge on any atom is 0.401 e. The lowest BCUT2D eigenvalue weighted by Crippen LogP contribution is -2.42. The highest BCUT2D eigenvalue weighted by Crippen LogP contribution is 2.12. The zero-order chi connectivity index (χ0) is 12.9. The third-order valence-electron chi connectivity index (χ3n) is 2.62. The fourth-order valence-corrected chi connectivity index (χ4v) is 3.58. The van der Waals surface area contributed by atoms with Gasteiger partial charge in [-0.2, -0.15) is 0 Å². The molecule has 1 amide bonds. The molecule has 0 spiro atoms. The highest BCUT2D eigenvalue weighted by atomic mass is 28.3. The van der Waals surface area contributed by atoms with Crippen molar-refractivity contribution in [3.63, 3.8) is 0 Å². The fraction of sp³-hybridized carbons (Fsp3) is 0. The van der Waals surface area contributed by atoms with Gasteiger partial charge >= 0.3 is 6.16 Å². The average molecular weight is 247 g/mol. The number of halogens is 1. The first-order valence-electron chi connectivity index (χ1n) is 5.06. The van der Waals surface area contributed by atoms with Crippen LogP contribution < -0.4 is 10.5 Å². The Morgan fingerprint density at radius 2 is 1.82 bits per heavy atom. The van der Waals surface area contributed by atoms with Crippen molar-refractivity contribution in [3.8, 4) is 0 Å². The zero-order valence-corrected chi connectivity index (χ0v) is 10.4. The Morgan fingerprint density at radius 1 is 1.24 bits per heavy atom. The monoisotopic (exact) mass is 247 g/mol. The Morgan fingerprint density at radius 3 is 2.29 bits per heavy atom. The molecule has 0 radical (unpaired) electrons. The van der Waals surface area contributed by atoms with E-state index in [9.17, 15) is 9.18 Å². The first-order valence-corrected chi connectivity index (χ1v) is 7.29. The van der Waals surface area contributed by atoms with Crippen LogP contribution in [0.2, 0.25) is 0 Å². The van der Waals surface area contributed by atoms with Gasteiger partial charge in [0.1, 0.15) is 0 Å². The molecule has 0 atom stereocenters. The highest BCUT2D eigenvalue weighted by Gasteiger charge is 2.24. The van der Waals surface area contributed by atoms with Crippen LogP contribution in [-0.4, -0.2) is 14.2 Å². The van der Waals surface area contributed by atoms with E-state index in [1.165, 1.54) is 0 Å². The molecular weight excluding hydrogens is 233 g/mol. The summed E-state index contributed by atoms with van der Waals surface area (Å²) in [6.07, 6.45) is -1.58. The first-order chi connectivity index (χ1) is 8.07. The van der Waals surface area contributed by atoms with Crippen molar-refractivity contribution in [2.75, 3.05) is 5.32 Å². The van der Waals surface area contributed by atoms with Gasteiger partial charge in [0, 0.05) is 5.69 Å². The Hall–Kier alpha value is -1.94. The molecule has 2 nitrogen and oxygen atoms in total. The number of hydrogen-bond donors (Lipinski definition) is 1. The minimum Gasteiger partial charge on any atom is -0.298 e. The molecule has 88 valence electrons. The quantitative estimate of drug-likeness (QED) is 0.483. The van der Waals surface area contributed by atoms with Gasteiger partial charge in [0.15, 0.2) is 8.07 Å². The molecule has 0 saturated carbocycles. The molecule has 0 bridgehead atoms. The molecule has 1 aromatic carbocycles. The standard InChI is InChI=1S/C13H14FNOSi/c1-4-17(5-2,6-3)12-9-7-8-11(10-12)15-13(14)16/h4-10H,1-3H2,(H,15,16). The molecule has 1 aromatic rings. The Balaban J connectivity index is 3.21. The first kappa shape index (κ1) is 13.1. The van der Waals surface area contributed by atoms with E-state index in [2.05, 4.69) is 25.1 Å². The molecular formula is C13H14FNOSi. The number of carbonyl (C=O) groups is 1. The third kappa shape index (κ3) is 2.79. The van der Waals surface area contributed by atoms with E-state index in [-0.39, 0.29) is 0 Å². The smallest absolute Gasteiger partial charge is 0.298 e. The second-order valence-corrected chi connectivity index (χ2v) is 7.19. The van der Waals surface area contributed by atoms with Crippen molar-refractivity contribution in [3.05, 3.63) is 61.1 Å². The van der Waals surface area contributed by atoms with Crippen molar-refractivity contribution < 1.29 is 9.18 Å². The number of benzene rings is 1. The van der Waals surface area contributed by atoms with Gasteiger partial charge in [0.05, 0.1) is 0 Å². The Kier molecular flexibility index (Phi) is 4.17. The number of nitrogens with one attached hydrogen (secondary N) is 1. The number of amides is 1. The molecule has 1 N–H and O–H groups in total. The van der Waals surface area contributed by atoms with E-state index in [1.54, 1.807) is 18.2 Å². The van der Waals surface area contributed by atoms with E-state index < -0.39 is 14.2 Å². The van der Waals surface area contributed by atoms with Gasteiger partial charge in [-0.3, -0.25) is 5.32 Å². The maximum atomic E-state index is 12.3. The van der Waals surface area contributed by atoms with E-state index in [4.69, 9.17) is 0 Å². The zero-order valence-electron chi connectivity index (χ0n) is 9.45. The maximum absolute atomic E-state index is 12.3. The predicted molar refractivity (Wildman–Crippen MR) is 72.5 cm³/mol. The van der Waals surface area contributed by atoms with Crippen LogP contribution in [0.1, 0.15) is 0 Å². The van der Waals surface area contributed by atoms with Gasteiger partial charge < -0.3 is 0 Å². The predicted octanol–water partition coefficient (Wildman–Crippen LogP) is 3.02. The summed E-state index contributed by atoms with van der Waals surface area (Å²) in [5, 5.41) is 3.05. The summed E-state index contributed by atoms with van der Waals surface area (Å²) in [6, 6.07) is 6.98. The second-order valence-electron chi connectivity index (χ2n) is 3.52. The molecule has 0 fully saturated rings. The van der Waals surface area contributed by atoms with Gasteiger partial charge in [0.2, 0.25) is 0 Å². The molecule has 4 heteroatoms. The van der Waals surface area contributed by atoms with E-state index in [0.29, 0.717) is 5.69 Å². The average Bonchev–Trinajstić information content (AvgIpc) is 2.32.